The summed E-state index contributed by atoms with van der Waals surface area (Å²) in [7, 11) is -3.87. The number of sulfone groups is 1. The van der Waals surface area contributed by atoms with Gasteiger partial charge in [0.1, 0.15) is 17.1 Å². The molecule has 32 heavy (non-hydrogen) atoms. The second-order valence-corrected chi connectivity index (χ2v) is 9.87. The van der Waals surface area contributed by atoms with Gasteiger partial charge in [-0.05, 0) is 67.3 Å². The number of aryl methyl sites for hydroxylation is 2. The molecule has 0 saturated carbocycles. The lowest BCUT2D eigenvalue weighted by atomic mass is 10.0. The highest BCUT2D eigenvalue weighted by Gasteiger charge is 2.22. The summed E-state index contributed by atoms with van der Waals surface area (Å²) in [5, 5.41) is 20.4. The summed E-state index contributed by atoms with van der Waals surface area (Å²) < 4.78 is 26.5. The Bertz CT molecular complexity index is 1480. The lowest BCUT2D eigenvalue weighted by Crippen LogP contribution is -2.02. The van der Waals surface area contributed by atoms with E-state index >= 15 is 0 Å². The van der Waals surface area contributed by atoms with Crippen LogP contribution in [-0.4, -0.2) is 13.5 Å². The molecule has 0 aliphatic rings. The second kappa shape index (κ2) is 8.26. The number of rotatable bonds is 4. The van der Waals surface area contributed by atoms with Crippen molar-refractivity contribution >= 4 is 49.3 Å². The van der Waals surface area contributed by atoms with E-state index < -0.39 is 9.84 Å². The number of nitrogens with zero attached hydrogens (tertiary/aromatic N) is 2. The van der Waals surface area contributed by atoms with Crippen molar-refractivity contribution in [3.63, 3.8) is 0 Å². The topological polar surface area (TPSA) is 105 Å². The molecule has 0 unspecified atom stereocenters. The largest absolute Gasteiger partial charge is 0.507 e. The zero-order valence-corrected chi connectivity index (χ0v) is 18.9. The van der Waals surface area contributed by atoms with E-state index in [9.17, 15) is 13.5 Å². The number of phenolic OH excluding ortho intramolecular Hbond substituents is 1. The molecule has 3 N–H and O–H groups in total. The summed E-state index contributed by atoms with van der Waals surface area (Å²) in [6.45, 7) is 3.74. The van der Waals surface area contributed by atoms with Gasteiger partial charge in [-0.25, -0.2) is 8.42 Å². The molecule has 0 amide bonds. The Morgan fingerprint density at radius 3 is 2.31 bits per heavy atom. The number of aromatic hydroxyl groups is 1. The average molecular weight is 466 g/mol. The van der Waals surface area contributed by atoms with Crippen molar-refractivity contribution in [1.29, 1.82) is 0 Å². The van der Waals surface area contributed by atoms with Gasteiger partial charge in [0.05, 0.1) is 20.9 Å². The average Bonchev–Trinajstić information content (AvgIpc) is 2.73. The van der Waals surface area contributed by atoms with E-state index in [0.717, 1.165) is 16.5 Å². The molecule has 0 aliphatic carbocycles. The highest BCUT2D eigenvalue weighted by Crippen LogP contribution is 2.40. The summed E-state index contributed by atoms with van der Waals surface area (Å²) in [5.74, 6) is 0.0137. The van der Waals surface area contributed by atoms with Crippen LogP contribution in [0.5, 0.6) is 5.75 Å². The van der Waals surface area contributed by atoms with Gasteiger partial charge < -0.3 is 10.8 Å². The zero-order valence-electron chi connectivity index (χ0n) is 17.4. The van der Waals surface area contributed by atoms with Crippen molar-refractivity contribution in [2.24, 2.45) is 10.2 Å². The molecule has 0 aliphatic heterocycles. The van der Waals surface area contributed by atoms with Gasteiger partial charge in [0.2, 0.25) is 9.84 Å². The Labute approximate surface area is 190 Å². The molecule has 0 saturated heterocycles. The molecule has 4 aromatic carbocycles. The molecular formula is C24H20ClN3O3S. The van der Waals surface area contributed by atoms with Crippen LogP contribution < -0.4 is 5.73 Å². The number of phenols is 1. The van der Waals surface area contributed by atoms with Crippen molar-refractivity contribution < 1.29 is 13.5 Å². The number of hydrogen-bond acceptors (Lipinski definition) is 6. The van der Waals surface area contributed by atoms with E-state index in [1.54, 1.807) is 42.5 Å². The SMILES string of the molecule is Cc1ccc(S(=O)(=O)c2ccc(Cl)cc2N=Nc2c(N)ccc3cc(C)cc(O)c23)cc1. The van der Waals surface area contributed by atoms with Gasteiger partial charge in [0.25, 0.3) is 0 Å². The molecule has 0 radical (unpaired) electrons. The Balaban J connectivity index is 1.88. The number of nitrogen functional groups attached to an aromatic ring is 1. The van der Waals surface area contributed by atoms with E-state index in [2.05, 4.69) is 10.2 Å². The maximum Gasteiger partial charge on any atom is 0.208 e. The molecular weight excluding hydrogens is 446 g/mol. The van der Waals surface area contributed by atoms with Gasteiger partial charge in [-0.15, -0.1) is 10.2 Å². The Kier molecular flexibility index (Phi) is 5.62. The maximum atomic E-state index is 13.3. The Morgan fingerprint density at radius 2 is 1.59 bits per heavy atom. The third-order valence-corrected chi connectivity index (χ3v) is 7.10. The molecule has 8 heteroatoms. The molecule has 0 atom stereocenters. The fraction of sp³-hybridized carbons (Fsp3) is 0.0833. The van der Waals surface area contributed by atoms with E-state index in [0.29, 0.717) is 16.1 Å². The van der Waals surface area contributed by atoms with Gasteiger partial charge in [-0.3, -0.25) is 0 Å². The van der Waals surface area contributed by atoms with Crippen LogP contribution in [0.3, 0.4) is 0 Å². The molecule has 6 nitrogen and oxygen atoms in total. The van der Waals surface area contributed by atoms with Crippen molar-refractivity contribution in [2.45, 2.75) is 23.6 Å². The van der Waals surface area contributed by atoms with Crippen LogP contribution in [0.4, 0.5) is 17.1 Å². The summed E-state index contributed by atoms with van der Waals surface area (Å²) >= 11 is 6.12. The van der Waals surface area contributed by atoms with Crippen molar-refractivity contribution in [2.75, 3.05) is 5.73 Å². The molecule has 4 aromatic rings. The highest BCUT2D eigenvalue weighted by atomic mass is 35.5. The summed E-state index contributed by atoms with van der Waals surface area (Å²) in [4.78, 5) is 0.105. The molecule has 0 aromatic heterocycles. The Hall–Kier alpha value is -3.42. The lowest BCUT2D eigenvalue weighted by molar-refractivity contribution is 0.481. The molecule has 0 bridgehead atoms. The minimum absolute atomic E-state index is 0.0137. The van der Waals surface area contributed by atoms with Crippen molar-refractivity contribution in [1.82, 2.24) is 0 Å². The number of anilines is 1. The first-order valence-corrected chi connectivity index (χ1v) is 11.6. The van der Waals surface area contributed by atoms with Gasteiger partial charge in [-0.1, -0.05) is 41.4 Å². The van der Waals surface area contributed by atoms with Gasteiger partial charge in [0, 0.05) is 5.02 Å². The highest BCUT2D eigenvalue weighted by molar-refractivity contribution is 7.91. The smallest absolute Gasteiger partial charge is 0.208 e. The number of fused-ring (bicyclic) bond motifs is 1. The molecule has 0 heterocycles. The van der Waals surface area contributed by atoms with Crippen LogP contribution in [-0.2, 0) is 9.84 Å². The first-order valence-electron chi connectivity index (χ1n) is 9.71. The van der Waals surface area contributed by atoms with E-state index in [1.807, 2.05) is 19.9 Å². The third kappa shape index (κ3) is 4.04. The number of hydrogen-bond donors (Lipinski definition) is 2. The first-order chi connectivity index (χ1) is 15.2. The Morgan fingerprint density at radius 1 is 0.875 bits per heavy atom. The number of azo groups is 1. The zero-order chi connectivity index (χ0) is 23.0. The first kappa shape index (κ1) is 21.8. The molecule has 0 spiro atoms. The fourth-order valence-corrected chi connectivity index (χ4v) is 4.98. The molecule has 0 fully saturated rings. The van der Waals surface area contributed by atoms with Crippen molar-refractivity contribution in [3.8, 4) is 5.75 Å². The predicted octanol–water partition coefficient (Wildman–Crippen LogP) is 6.65. The fourth-order valence-electron chi connectivity index (χ4n) is 3.44. The van der Waals surface area contributed by atoms with Crippen LogP contribution in [0.25, 0.3) is 10.8 Å². The van der Waals surface area contributed by atoms with E-state index in [1.165, 1.54) is 18.2 Å². The second-order valence-electron chi connectivity index (χ2n) is 7.51. The monoisotopic (exact) mass is 465 g/mol. The maximum absolute atomic E-state index is 13.3. The van der Waals surface area contributed by atoms with Crippen molar-refractivity contribution in [3.05, 3.63) is 82.9 Å². The van der Waals surface area contributed by atoms with E-state index in [-0.39, 0.29) is 26.9 Å². The van der Waals surface area contributed by atoms with Crippen LogP contribution >= 0.6 is 11.6 Å². The summed E-state index contributed by atoms with van der Waals surface area (Å²) in [6.07, 6.45) is 0. The normalized spacial score (nSPS) is 12.0. The molecule has 162 valence electrons. The number of halogens is 1. The minimum atomic E-state index is -3.87. The van der Waals surface area contributed by atoms with Gasteiger partial charge in [-0.2, -0.15) is 0 Å². The number of benzene rings is 4. The van der Waals surface area contributed by atoms with Crippen LogP contribution in [0.1, 0.15) is 11.1 Å². The van der Waals surface area contributed by atoms with E-state index in [4.69, 9.17) is 17.3 Å². The summed E-state index contributed by atoms with van der Waals surface area (Å²) in [6, 6.07) is 17.8. The summed E-state index contributed by atoms with van der Waals surface area (Å²) in [5.41, 5.74) is 8.55. The third-order valence-electron chi connectivity index (χ3n) is 5.04. The minimum Gasteiger partial charge on any atom is -0.507 e. The van der Waals surface area contributed by atoms with Gasteiger partial charge >= 0.3 is 0 Å². The number of nitrogens with two attached hydrogens (primary N) is 1. The standard InChI is InChI=1S/C24H20ClN3O3S/c1-14-3-7-18(8-4-14)32(30,31)22-10-6-17(25)13-20(22)27-28-24-19(26)9-5-16-11-15(2)12-21(29)23(16)24/h3-13,29H,26H2,1-2H3. The van der Waals surface area contributed by atoms with Crippen LogP contribution in [0, 0.1) is 13.8 Å². The van der Waals surface area contributed by atoms with Crippen LogP contribution in [0.2, 0.25) is 5.02 Å². The lowest BCUT2D eigenvalue weighted by Gasteiger charge is -2.10. The quantitative estimate of drug-likeness (QED) is 0.260. The predicted molar refractivity (Wildman–Crippen MR) is 127 cm³/mol. The van der Waals surface area contributed by atoms with Crippen LogP contribution in [0.15, 0.2) is 86.7 Å². The van der Waals surface area contributed by atoms with Gasteiger partial charge in [0.15, 0.2) is 0 Å². The molecule has 4 rings (SSSR count).